The summed E-state index contributed by atoms with van der Waals surface area (Å²) >= 11 is 0. The van der Waals surface area contributed by atoms with Gasteiger partial charge in [-0.3, -0.25) is 0 Å². The molecule has 7 heteroatoms. The molecule has 0 radical (unpaired) electrons. The lowest BCUT2D eigenvalue weighted by Gasteiger charge is -2.13. The normalized spacial score (nSPS) is 17.9. The highest BCUT2D eigenvalue weighted by Crippen LogP contribution is 2.33. The van der Waals surface area contributed by atoms with Crippen molar-refractivity contribution in [3.05, 3.63) is 41.9 Å². The molecule has 1 aliphatic rings. The summed E-state index contributed by atoms with van der Waals surface area (Å²) in [6.45, 7) is 2.62. The molecule has 0 saturated carbocycles. The van der Waals surface area contributed by atoms with Crippen LogP contribution < -0.4 is 10.5 Å². The molecule has 0 saturated heterocycles. The second-order valence-corrected chi connectivity index (χ2v) is 6.87. The van der Waals surface area contributed by atoms with E-state index in [0.717, 1.165) is 24.0 Å². The number of anilines is 1. The van der Waals surface area contributed by atoms with E-state index in [4.69, 9.17) is 5.73 Å². The third-order valence-corrected chi connectivity index (χ3v) is 5.15. The summed E-state index contributed by atoms with van der Waals surface area (Å²) in [5, 5.41) is 0.0632. The predicted octanol–water partition coefficient (Wildman–Crippen LogP) is 1.45. The maximum absolute atomic E-state index is 12.4. The number of aromatic nitrogens is 2. The van der Waals surface area contributed by atoms with Gasteiger partial charge in [-0.25, -0.2) is 18.1 Å². The smallest absolute Gasteiger partial charge is 0.260 e. The predicted molar refractivity (Wildman–Crippen MR) is 80.1 cm³/mol. The van der Waals surface area contributed by atoms with Gasteiger partial charge in [0.05, 0.1) is 6.33 Å². The van der Waals surface area contributed by atoms with E-state index >= 15 is 0 Å². The van der Waals surface area contributed by atoms with Gasteiger partial charge in [-0.05, 0) is 43.0 Å². The molecule has 1 aromatic carbocycles. The van der Waals surface area contributed by atoms with Crippen LogP contribution in [0.1, 0.15) is 30.5 Å². The fourth-order valence-corrected chi connectivity index (χ4v) is 3.86. The Hall–Kier alpha value is -1.86. The highest BCUT2D eigenvalue weighted by atomic mass is 32.2. The number of nitrogens with one attached hydrogen (secondary N) is 1. The Balaban J connectivity index is 1.85. The van der Waals surface area contributed by atoms with Crippen molar-refractivity contribution in [1.82, 2.24) is 14.3 Å². The molecule has 0 amide bonds. The quantitative estimate of drug-likeness (QED) is 0.837. The minimum Gasteiger partial charge on any atom is -0.399 e. The van der Waals surface area contributed by atoms with Crippen molar-refractivity contribution in [3.8, 4) is 0 Å². The first-order chi connectivity index (χ1) is 9.99. The van der Waals surface area contributed by atoms with Crippen LogP contribution in [0.15, 0.2) is 35.7 Å². The standard InChI is InChI=1S/C14H18N4O2S/c1-2-18-8-14(16-9-18)21(19,20)17-13-6-3-10-7-11(15)4-5-12(10)13/h4-5,7-9,13,17H,2-3,6,15H2,1H3. The molecule has 3 N–H and O–H groups in total. The summed E-state index contributed by atoms with van der Waals surface area (Å²) in [5.41, 5.74) is 8.58. The molecule has 6 nitrogen and oxygen atoms in total. The zero-order valence-electron chi connectivity index (χ0n) is 11.8. The van der Waals surface area contributed by atoms with Gasteiger partial charge in [-0.2, -0.15) is 0 Å². The molecule has 1 heterocycles. The molecule has 0 fully saturated rings. The molecule has 0 bridgehead atoms. The Morgan fingerprint density at radius 3 is 3.00 bits per heavy atom. The minimum absolute atomic E-state index is 0.0632. The summed E-state index contributed by atoms with van der Waals surface area (Å²) < 4.78 is 29.2. The minimum atomic E-state index is -3.60. The fourth-order valence-electron chi connectivity index (χ4n) is 2.66. The molecule has 3 rings (SSSR count). The highest BCUT2D eigenvalue weighted by molar-refractivity contribution is 7.89. The first-order valence-corrected chi connectivity index (χ1v) is 8.40. The van der Waals surface area contributed by atoms with Crippen molar-refractivity contribution >= 4 is 15.7 Å². The van der Waals surface area contributed by atoms with Gasteiger partial charge >= 0.3 is 0 Å². The molecule has 112 valence electrons. The van der Waals surface area contributed by atoms with Gasteiger partial charge in [0.25, 0.3) is 10.0 Å². The van der Waals surface area contributed by atoms with Crippen LogP contribution in [-0.4, -0.2) is 18.0 Å². The molecular formula is C14H18N4O2S. The van der Waals surface area contributed by atoms with Crippen LogP contribution >= 0.6 is 0 Å². The van der Waals surface area contributed by atoms with Crippen LogP contribution in [0.4, 0.5) is 5.69 Å². The van der Waals surface area contributed by atoms with Crippen LogP contribution in [0, 0.1) is 0 Å². The number of fused-ring (bicyclic) bond motifs is 1. The molecule has 1 unspecified atom stereocenters. The van der Waals surface area contributed by atoms with E-state index in [1.165, 1.54) is 6.33 Å². The number of rotatable bonds is 4. The summed E-state index contributed by atoms with van der Waals surface area (Å²) in [6, 6.07) is 5.40. The Labute approximate surface area is 124 Å². The molecule has 1 aliphatic carbocycles. The van der Waals surface area contributed by atoms with Gasteiger partial charge in [0.1, 0.15) is 0 Å². The van der Waals surface area contributed by atoms with Gasteiger partial charge in [-0.15, -0.1) is 0 Å². The Morgan fingerprint density at radius 1 is 1.48 bits per heavy atom. The van der Waals surface area contributed by atoms with Crippen LogP contribution in [0.5, 0.6) is 0 Å². The number of benzene rings is 1. The maximum atomic E-state index is 12.4. The Morgan fingerprint density at radius 2 is 2.29 bits per heavy atom. The van der Waals surface area contributed by atoms with Crippen molar-refractivity contribution in [3.63, 3.8) is 0 Å². The number of sulfonamides is 1. The first kappa shape index (κ1) is 14.1. The lowest BCUT2D eigenvalue weighted by Crippen LogP contribution is -2.27. The van der Waals surface area contributed by atoms with Gasteiger partial charge in [0, 0.05) is 24.5 Å². The average molecular weight is 306 g/mol. The van der Waals surface area contributed by atoms with Gasteiger partial charge < -0.3 is 10.3 Å². The Kier molecular flexibility index (Phi) is 3.46. The number of hydrogen-bond acceptors (Lipinski definition) is 4. The lowest BCUT2D eigenvalue weighted by molar-refractivity contribution is 0.551. The van der Waals surface area contributed by atoms with Crippen LogP contribution in [0.2, 0.25) is 0 Å². The molecule has 1 atom stereocenters. The van der Waals surface area contributed by atoms with Crippen molar-refractivity contribution in [1.29, 1.82) is 0 Å². The topological polar surface area (TPSA) is 90.0 Å². The van der Waals surface area contributed by atoms with E-state index < -0.39 is 10.0 Å². The van der Waals surface area contributed by atoms with E-state index in [1.807, 2.05) is 19.1 Å². The number of nitrogens with zero attached hydrogens (tertiary/aromatic N) is 2. The van der Waals surface area contributed by atoms with E-state index in [2.05, 4.69) is 9.71 Å². The van der Waals surface area contributed by atoms with Gasteiger partial charge in [0.15, 0.2) is 5.03 Å². The molecule has 1 aromatic heterocycles. The van der Waals surface area contributed by atoms with E-state index in [0.29, 0.717) is 12.2 Å². The molecule has 0 aliphatic heterocycles. The van der Waals surface area contributed by atoms with Gasteiger partial charge in [-0.1, -0.05) is 6.07 Å². The molecular weight excluding hydrogens is 288 g/mol. The molecule has 21 heavy (non-hydrogen) atoms. The molecule has 0 spiro atoms. The highest BCUT2D eigenvalue weighted by Gasteiger charge is 2.28. The SMILES string of the molecule is CCn1cnc(S(=O)(=O)NC2CCc3cc(N)ccc32)c1. The summed E-state index contributed by atoms with van der Waals surface area (Å²) in [4.78, 5) is 3.96. The lowest BCUT2D eigenvalue weighted by atomic mass is 10.1. The van der Waals surface area contributed by atoms with E-state index in [9.17, 15) is 8.42 Å². The van der Waals surface area contributed by atoms with Crippen molar-refractivity contribution in [2.45, 2.75) is 37.4 Å². The van der Waals surface area contributed by atoms with Crippen molar-refractivity contribution < 1.29 is 8.42 Å². The third kappa shape index (κ3) is 2.66. The summed E-state index contributed by atoms with van der Waals surface area (Å²) in [6.07, 6.45) is 4.64. The second-order valence-electron chi connectivity index (χ2n) is 5.21. The third-order valence-electron chi connectivity index (χ3n) is 3.79. The fraction of sp³-hybridized carbons (Fsp3) is 0.357. The number of aryl methyl sites for hydroxylation is 2. The largest absolute Gasteiger partial charge is 0.399 e. The summed E-state index contributed by atoms with van der Waals surface area (Å²) in [7, 11) is -3.60. The van der Waals surface area contributed by atoms with Gasteiger partial charge in [0.2, 0.25) is 0 Å². The van der Waals surface area contributed by atoms with Crippen molar-refractivity contribution in [2.75, 3.05) is 5.73 Å². The monoisotopic (exact) mass is 306 g/mol. The van der Waals surface area contributed by atoms with Crippen LogP contribution in [-0.2, 0) is 23.0 Å². The van der Waals surface area contributed by atoms with E-state index in [-0.39, 0.29) is 11.1 Å². The number of imidazole rings is 1. The summed E-state index contributed by atoms with van der Waals surface area (Å²) in [5.74, 6) is 0. The number of nitrogens with two attached hydrogens (primary N) is 1. The molecule has 2 aromatic rings. The number of hydrogen-bond donors (Lipinski definition) is 2. The average Bonchev–Trinajstić information content (AvgIpc) is 3.06. The second kappa shape index (κ2) is 5.16. The van der Waals surface area contributed by atoms with Crippen LogP contribution in [0.25, 0.3) is 0 Å². The van der Waals surface area contributed by atoms with Crippen LogP contribution in [0.3, 0.4) is 0 Å². The zero-order valence-corrected chi connectivity index (χ0v) is 12.6. The number of nitrogen functional groups attached to an aromatic ring is 1. The van der Waals surface area contributed by atoms with Crippen molar-refractivity contribution in [2.24, 2.45) is 0 Å². The Bertz CT molecular complexity index is 767. The zero-order chi connectivity index (χ0) is 15.0. The maximum Gasteiger partial charge on any atom is 0.260 e. The van der Waals surface area contributed by atoms with E-state index in [1.54, 1.807) is 16.8 Å². The first-order valence-electron chi connectivity index (χ1n) is 6.92.